The molecular weight excluding hydrogens is 337 g/mol. The Morgan fingerprint density at radius 3 is 1.86 bits per heavy atom. The fourth-order valence-corrected chi connectivity index (χ4v) is 3.62. The third-order valence-corrected chi connectivity index (χ3v) is 5.59. The molecule has 28 heavy (non-hydrogen) atoms. The minimum absolute atomic E-state index is 0.0977. The highest BCUT2D eigenvalue weighted by atomic mass is 14.7. The molecule has 0 unspecified atom stereocenters. The molecule has 0 atom stereocenters. The van der Waals surface area contributed by atoms with Crippen LogP contribution in [0.25, 0.3) is 22.0 Å². The lowest BCUT2D eigenvalue weighted by Crippen LogP contribution is -2.17. The number of hydrogen-bond donors (Lipinski definition) is 0. The molecule has 0 radical (unpaired) electrons. The first-order valence-electron chi connectivity index (χ1n) is 10.4. The van der Waals surface area contributed by atoms with Gasteiger partial charge < -0.3 is 0 Å². The molecule has 2 aromatic carbocycles. The van der Waals surface area contributed by atoms with Crippen molar-refractivity contribution in [3.8, 4) is 11.3 Å². The van der Waals surface area contributed by atoms with Crippen LogP contribution < -0.4 is 5.59 Å². The maximum atomic E-state index is 4.99. The number of rotatable bonds is 2. The first kappa shape index (κ1) is 20.6. The van der Waals surface area contributed by atoms with Gasteiger partial charge in [-0.15, -0.1) is 0 Å². The second kappa shape index (κ2) is 7.06. The quantitative estimate of drug-likeness (QED) is 0.513. The minimum atomic E-state index is 0.0977. The van der Waals surface area contributed by atoms with E-state index in [1.807, 2.05) is 0 Å². The van der Waals surface area contributed by atoms with Crippen LogP contribution in [0.15, 0.2) is 42.5 Å². The highest BCUT2D eigenvalue weighted by Gasteiger charge is 2.22. The zero-order chi connectivity index (χ0) is 20.9. The van der Waals surface area contributed by atoms with E-state index in [-0.39, 0.29) is 10.8 Å². The predicted molar refractivity (Wildman–Crippen MR) is 127 cm³/mol. The largest absolute Gasteiger partial charge is 0.263 e. The Labute approximate surface area is 172 Å². The van der Waals surface area contributed by atoms with Crippen molar-refractivity contribution in [2.75, 3.05) is 0 Å². The molecule has 1 heterocycles. The molecule has 0 aliphatic heterocycles. The van der Waals surface area contributed by atoms with Gasteiger partial charge in [0.2, 0.25) is 0 Å². The average Bonchev–Trinajstić information content (AvgIpc) is 2.58. The highest BCUT2D eigenvalue weighted by Crippen LogP contribution is 2.35. The Balaban J connectivity index is 2.32. The van der Waals surface area contributed by atoms with Gasteiger partial charge in [0.05, 0.1) is 5.69 Å². The van der Waals surface area contributed by atoms with Crippen molar-refractivity contribution in [3.05, 3.63) is 59.2 Å². The van der Waals surface area contributed by atoms with Gasteiger partial charge in [0, 0.05) is 10.9 Å². The summed E-state index contributed by atoms with van der Waals surface area (Å²) in [4.78, 5) is 4.99. The van der Waals surface area contributed by atoms with Crippen molar-refractivity contribution in [1.29, 1.82) is 0 Å². The third kappa shape index (κ3) is 4.16. The van der Waals surface area contributed by atoms with Gasteiger partial charge in [-0.1, -0.05) is 79.7 Å². The predicted octanol–water partition coefficient (Wildman–Crippen LogP) is 5.88. The number of hydrogen-bond acceptors (Lipinski definition) is 1. The molecule has 0 N–H and O–H groups in total. The Hall–Kier alpha value is -2.09. The van der Waals surface area contributed by atoms with E-state index >= 15 is 0 Å². The van der Waals surface area contributed by atoms with Crippen LogP contribution >= 0.6 is 0 Å². The summed E-state index contributed by atoms with van der Waals surface area (Å²) in [5, 5.41) is 2.52. The van der Waals surface area contributed by atoms with E-state index in [2.05, 4.69) is 106 Å². The first-order chi connectivity index (χ1) is 12.9. The summed E-state index contributed by atoms with van der Waals surface area (Å²) in [5.41, 5.74) is 7.70. The van der Waals surface area contributed by atoms with Crippen molar-refractivity contribution >= 4 is 24.2 Å². The van der Waals surface area contributed by atoms with Crippen LogP contribution in [0.5, 0.6) is 0 Å². The monoisotopic (exact) mass is 371 g/mol. The Kier molecular flexibility index (Phi) is 5.21. The maximum absolute atomic E-state index is 4.99. The molecule has 0 fully saturated rings. The maximum Gasteiger partial charge on any atom is 0.163 e. The number of pyridine rings is 1. The first-order valence-corrected chi connectivity index (χ1v) is 10.4. The zero-order valence-electron chi connectivity index (χ0n) is 19.1. The fraction of sp³-hybridized carbons (Fsp3) is 0.423. The molecule has 1 nitrogen and oxygen atoms in total. The Morgan fingerprint density at radius 2 is 1.36 bits per heavy atom. The summed E-state index contributed by atoms with van der Waals surface area (Å²) < 4.78 is 0. The second-order valence-corrected chi connectivity index (χ2v) is 10.5. The number of benzene rings is 2. The number of aromatic nitrogens is 1. The topological polar surface area (TPSA) is 12.9 Å². The molecule has 1 aromatic heterocycles. The van der Waals surface area contributed by atoms with E-state index in [0.29, 0.717) is 5.92 Å². The van der Waals surface area contributed by atoms with Crippen molar-refractivity contribution in [1.82, 2.24) is 4.98 Å². The van der Waals surface area contributed by atoms with Crippen LogP contribution in [0.4, 0.5) is 0 Å². The van der Waals surface area contributed by atoms with Gasteiger partial charge in [0.15, 0.2) is 7.85 Å². The van der Waals surface area contributed by atoms with Crippen LogP contribution in [0.2, 0.25) is 0 Å². The molecule has 0 saturated heterocycles. The summed E-state index contributed by atoms with van der Waals surface area (Å²) in [6.45, 7) is 18.2. The van der Waals surface area contributed by atoms with Gasteiger partial charge in [-0.25, -0.2) is 0 Å². The number of fused-ring (bicyclic) bond motifs is 1. The summed E-state index contributed by atoms with van der Waals surface area (Å²) in [6, 6.07) is 16.1. The molecule has 0 aliphatic rings. The zero-order valence-corrected chi connectivity index (χ0v) is 19.1. The minimum Gasteiger partial charge on any atom is -0.263 e. The van der Waals surface area contributed by atoms with Crippen LogP contribution in [0, 0.1) is 0 Å². The van der Waals surface area contributed by atoms with Crippen molar-refractivity contribution in [3.63, 3.8) is 0 Å². The van der Waals surface area contributed by atoms with Gasteiger partial charge in [-0.05, 0) is 62.6 Å². The lowest BCUT2D eigenvalue weighted by atomic mass is 9.79. The van der Waals surface area contributed by atoms with Crippen molar-refractivity contribution in [2.45, 2.75) is 72.1 Å². The summed E-state index contributed by atoms with van der Waals surface area (Å²) in [6.07, 6.45) is 0. The van der Waals surface area contributed by atoms with E-state index < -0.39 is 0 Å². The molecule has 0 saturated carbocycles. The van der Waals surface area contributed by atoms with E-state index in [0.717, 1.165) is 11.3 Å². The van der Waals surface area contributed by atoms with Crippen molar-refractivity contribution < 1.29 is 0 Å². The molecule has 0 spiro atoms. The molecule has 3 rings (SSSR count). The van der Waals surface area contributed by atoms with Gasteiger partial charge in [-0.3, -0.25) is 4.98 Å². The van der Waals surface area contributed by atoms with Crippen LogP contribution in [0.1, 0.15) is 78.0 Å². The third-order valence-electron chi connectivity index (χ3n) is 5.59. The molecular formula is C26H34BN. The molecule has 0 aliphatic carbocycles. The fourth-order valence-electron chi connectivity index (χ4n) is 3.62. The lowest BCUT2D eigenvalue weighted by molar-refractivity contribution is 0.569. The number of nitrogens with zero attached hydrogens (tertiary/aromatic N) is 1. The standard InChI is InChI=1S/C26H34BN/c1-16(2)17-9-10-22-18(11-17)14-23(27)28-24(22)19-12-20(25(3,4)5)15-21(13-19)26(6,7)8/h9-16H,27H2,1-8H3. The Bertz CT molecular complexity index is 985. The second-order valence-electron chi connectivity index (χ2n) is 10.5. The summed E-state index contributed by atoms with van der Waals surface area (Å²) >= 11 is 0. The van der Waals surface area contributed by atoms with Crippen LogP contribution in [0.3, 0.4) is 0 Å². The molecule has 146 valence electrons. The normalized spacial score (nSPS) is 12.8. The smallest absolute Gasteiger partial charge is 0.163 e. The SMILES string of the molecule is Bc1cc2cc(C(C)C)ccc2c(-c2cc(C(C)(C)C)cc(C(C)(C)C)c2)n1. The summed E-state index contributed by atoms with van der Waals surface area (Å²) in [7, 11) is 2.10. The van der Waals surface area contributed by atoms with E-state index in [1.165, 1.54) is 33.0 Å². The van der Waals surface area contributed by atoms with Gasteiger partial charge >= 0.3 is 0 Å². The molecule has 3 aromatic rings. The van der Waals surface area contributed by atoms with E-state index in [1.54, 1.807) is 0 Å². The molecule has 2 heteroatoms. The summed E-state index contributed by atoms with van der Waals surface area (Å²) in [5.74, 6) is 0.526. The van der Waals surface area contributed by atoms with Gasteiger partial charge in [0.25, 0.3) is 0 Å². The average molecular weight is 371 g/mol. The van der Waals surface area contributed by atoms with Gasteiger partial charge in [0.1, 0.15) is 0 Å². The highest BCUT2D eigenvalue weighted by molar-refractivity contribution is 6.32. The van der Waals surface area contributed by atoms with Gasteiger partial charge in [-0.2, -0.15) is 0 Å². The molecule has 0 bridgehead atoms. The molecule has 0 amide bonds. The van der Waals surface area contributed by atoms with Crippen LogP contribution in [-0.2, 0) is 10.8 Å². The Morgan fingerprint density at radius 1 is 0.786 bits per heavy atom. The lowest BCUT2D eigenvalue weighted by Gasteiger charge is -2.26. The van der Waals surface area contributed by atoms with E-state index in [4.69, 9.17) is 4.98 Å². The van der Waals surface area contributed by atoms with Crippen LogP contribution in [-0.4, -0.2) is 12.8 Å². The van der Waals surface area contributed by atoms with Crippen molar-refractivity contribution in [2.24, 2.45) is 0 Å². The van der Waals surface area contributed by atoms with E-state index in [9.17, 15) is 0 Å².